The molecule has 0 aliphatic heterocycles. The summed E-state index contributed by atoms with van der Waals surface area (Å²) in [5.74, 6) is 0.347. The number of rotatable bonds is 7. The summed E-state index contributed by atoms with van der Waals surface area (Å²) in [4.78, 5) is 15.4. The molecule has 1 aromatic carbocycles. The molecule has 6 nitrogen and oxygen atoms in total. The van der Waals surface area contributed by atoms with Crippen LogP contribution in [-0.2, 0) is 10.0 Å². The highest BCUT2D eigenvalue weighted by Crippen LogP contribution is 2.34. The SMILES string of the molecule is CC(C)S(=O)(=O)N(CC1CC1)c1ccc2[nH]c(C(=O)NC3CC3)cc2c1. The molecule has 0 bridgehead atoms. The van der Waals surface area contributed by atoms with E-state index in [1.807, 2.05) is 18.2 Å². The molecule has 2 saturated carbocycles. The molecule has 1 aromatic heterocycles. The molecule has 0 saturated heterocycles. The summed E-state index contributed by atoms with van der Waals surface area (Å²) in [6, 6.07) is 7.64. The van der Waals surface area contributed by atoms with Crippen LogP contribution in [0.3, 0.4) is 0 Å². The van der Waals surface area contributed by atoms with Gasteiger partial charge in [-0.25, -0.2) is 8.42 Å². The molecule has 7 heteroatoms. The molecule has 4 rings (SSSR count). The summed E-state index contributed by atoms with van der Waals surface area (Å²) in [7, 11) is -3.39. The molecule has 0 spiro atoms. The Bertz CT molecular complexity index is 940. The van der Waals surface area contributed by atoms with Gasteiger partial charge in [0.25, 0.3) is 5.91 Å². The first-order valence-corrected chi connectivity index (χ1v) is 10.8. The zero-order chi connectivity index (χ0) is 18.5. The predicted molar refractivity (Wildman–Crippen MR) is 103 cm³/mol. The number of sulfonamides is 1. The number of aromatic nitrogens is 1. The molecule has 0 radical (unpaired) electrons. The van der Waals surface area contributed by atoms with Crippen LogP contribution in [-0.4, -0.2) is 37.1 Å². The van der Waals surface area contributed by atoms with Crippen LogP contribution in [0.15, 0.2) is 24.3 Å². The first-order valence-electron chi connectivity index (χ1n) is 9.30. The summed E-state index contributed by atoms with van der Waals surface area (Å²) in [5.41, 5.74) is 2.03. The number of hydrogen-bond donors (Lipinski definition) is 2. The quantitative estimate of drug-likeness (QED) is 0.780. The maximum atomic E-state index is 12.8. The summed E-state index contributed by atoms with van der Waals surface area (Å²) in [6.07, 6.45) is 4.25. The van der Waals surface area contributed by atoms with Crippen molar-refractivity contribution in [1.29, 1.82) is 0 Å². The number of H-pyrrole nitrogens is 1. The predicted octanol–water partition coefficient (Wildman–Crippen LogP) is 3.01. The number of benzene rings is 1. The number of anilines is 1. The lowest BCUT2D eigenvalue weighted by Crippen LogP contribution is -2.37. The second-order valence-corrected chi connectivity index (χ2v) is 10.2. The van der Waals surface area contributed by atoms with Gasteiger partial charge < -0.3 is 10.3 Å². The Labute approximate surface area is 154 Å². The Morgan fingerprint density at radius 3 is 2.58 bits per heavy atom. The largest absolute Gasteiger partial charge is 0.351 e. The Hall–Kier alpha value is -2.02. The molecule has 2 N–H and O–H groups in total. The van der Waals surface area contributed by atoms with E-state index in [9.17, 15) is 13.2 Å². The fraction of sp³-hybridized carbons (Fsp3) is 0.526. The van der Waals surface area contributed by atoms with Crippen molar-refractivity contribution < 1.29 is 13.2 Å². The van der Waals surface area contributed by atoms with Gasteiger partial charge >= 0.3 is 0 Å². The van der Waals surface area contributed by atoms with E-state index in [0.717, 1.165) is 36.6 Å². The minimum Gasteiger partial charge on any atom is -0.351 e. The topological polar surface area (TPSA) is 82.3 Å². The van der Waals surface area contributed by atoms with Crippen molar-refractivity contribution in [3.05, 3.63) is 30.0 Å². The number of aromatic amines is 1. The van der Waals surface area contributed by atoms with Crippen LogP contribution in [0.1, 0.15) is 50.0 Å². The van der Waals surface area contributed by atoms with E-state index in [-0.39, 0.29) is 5.91 Å². The summed E-state index contributed by atoms with van der Waals surface area (Å²) in [5, 5.41) is 3.35. The highest BCUT2D eigenvalue weighted by molar-refractivity contribution is 7.93. The molecule has 2 aliphatic rings. The van der Waals surface area contributed by atoms with Gasteiger partial charge in [-0.1, -0.05) is 0 Å². The molecule has 1 amide bonds. The molecule has 0 atom stereocenters. The minimum absolute atomic E-state index is 0.102. The van der Waals surface area contributed by atoms with Crippen LogP contribution >= 0.6 is 0 Å². The third-order valence-corrected chi connectivity index (χ3v) is 7.24. The van der Waals surface area contributed by atoms with Crippen molar-refractivity contribution in [3.63, 3.8) is 0 Å². The van der Waals surface area contributed by atoms with Gasteiger partial charge in [0.05, 0.1) is 10.9 Å². The van der Waals surface area contributed by atoms with Crippen molar-refractivity contribution in [2.45, 2.75) is 50.8 Å². The molecule has 2 fully saturated rings. The highest BCUT2D eigenvalue weighted by atomic mass is 32.2. The van der Waals surface area contributed by atoms with E-state index >= 15 is 0 Å². The number of fused-ring (bicyclic) bond motifs is 1. The number of nitrogens with one attached hydrogen (secondary N) is 2. The van der Waals surface area contributed by atoms with Gasteiger partial charge in [-0.05, 0) is 69.7 Å². The van der Waals surface area contributed by atoms with Gasteiger partial charge in [-0.3, -0.25) is 9.10 Å². The molecular formula is C19H25N3O3S. The van der Waals surface area contributed by atoms with Crippen LogP contribution in [0.5, 0.6) is 0 Å². The monoisotopic (exact) mass is 375 g/mol. The van der Waals surface area contributed by atoms with Crippen molar-refractivity contribution in [2.75, 3.05) is 10.8 Å². The van der Waals surface area contributed by atoms with E-state index in [2.05, 4.69) is 10.3 Å². The van der Waals surface area contributed by atoms with Gasteiger partial charge in [0.15, 0.2) is 0 Å². The Morgan fingerprint density at radius 1 is 1.23 bits per heavy atom. The third kappa shape index (κ3) is 3.45. The van der Waals surface area contributed by atoms with Gasteiger partial charge in [0.1, 0.15) is 5.69 Å². The fourth-order valence-corrected chi connectivity index (χ4v) is 4.37. The Kier molecular flexibility index (Phi) is 4.22. The van der Waals surface area contributed by atoms with E-state index in [1.165, 1.54) is 0 Å². The molecule has 140 valence electrons. The van der Waals surface area contributed by atoms with Crippen LogP contribution in [0.2, 0.25) is 0 Å². The number of carbonyl (C=O) groups excluding carboxylic acids is 1. The molecule has 1 heterocycles. The van der Waals surface area contributed by atoms with Crippen LogP contribution < -0.4 is 9.62 Å². The number of hydrogen-bond acceptors (Lipinski definition) is 3. The average molecular weight is 375 g/mol. The number of nitrogens with zero attached hydrogens (tertiary/aromatic N) is 1. The van der Waals surface area contributed by atoms with Crippen molar-refractivity contribution in [1.82, 2.24) is 10.3 Å². The normalized spacial score (nSPS) is 17.7. The first kappa shape index (κ1) is 17.4. The van der Waals surface area contributed by atoms with Crippen LogP contribution in [0.4, 0.5) is 5.69 Å². The molecule has 0 unspecified atom stereocenters. The number of carbonyl (C=O) groups is 1. The maximum Gasteiger partial charge on any atom is 0.267 e. The molecule has 26 heavy (non-hydrogen) atoms. The highest BCUT2D eigenvalue weighted by Gasteiger charge is 2.33. The Balaban J connectivity index is 1.66. The van der Waals surface area contributed by atoms with Crippen molar-refractivity contribution >= 4 is 32.5 Å². The van der Waals surface area contributed by atoms with Gasteiger partial charge in [0.2, 0.25) is 10.0 Å². The summed E-state index contributed by atoms with van der Waals surface area (Å²) >= 11 is 0. The van der Waals surface area contributed by atoms with E-state index in [1.54, 1.807) is 24.2 Å². The first-order chi connectivity index (χ1) is 12.3. The van der Waals surface area contributed by atoms with E-state index in [4.69, 9.17) is 0 Å². The van der Waals surface area contributed by atoms with Gasteiger partial charge in [0, 0.05) is 23.5 Å². The maximum absolute atomic E-state index is 12.8. The lowest BCUT2D eigenvalue weighted by molar-refractivity contribution is 0.0947. The molecule has 2 aromatic rings. The van der Waals surface area contributed by atoms with E-state index in [0.29, 0.717) is 29.9 Å². The standard InChI is InChI=1S/C19H25N3O3S/c1-12(2)26(24,25)22(11-13-3-4-13)16-7-8-17-14(9-16)10-18(21-17)19(23)20-15-5-6-15/h7-10,12-13,15,21H,3-6,11H2,1-2H3,(H,20,23). The van der Waals surface area contributed by atoms with Gasteiger partial charge in [-0.2, -0.15) is 0 Å². The third-order valence-electron chi connectivity index (χ3n) is 5.07. The zero-order valence-electron chi connectivity index (χ0n) is 15.2. The smallest absolute Gasteiger partial charge is 0.267 e. The lowest BCUT2D eigenvalue weighted by atomic mass is 10.2. The summed E-state index contributed by atoms with van der Waals surface area (Å²) < 4.78 is 27.2. The average Bonchev–Trinajstić information content (AvgIpc) is 3.51. The number of amides is 1. The second kappa shape index (κ2) is 6.30. The Morgan fingerprint density at radius 2 is 1.96 bits per heavy atom. The van der Waals surface area contributed by atoms with Crippen molar-refractivity contribution in [3.8, 4) is 0 Å². The lowest BCUT2D eigenvalue weighted by Gasteiger charge is -2.26. The van der Waals surface area contributed by atoms with Gasteiger partial charge in [-0.15, -0.1) is 0 Å². The van der Waals surface area contributed by atoms with Crippen LogP contribution in [0.25, 0.3) is 10.9 Å². The summed E-state index contributed by atoms with van der Waals surface area (Å²) in [6.45, 7) is 3.96. The van der Waals surface area contributed by atoms with E-state index < -0.39 is 15.3 Å². The second-order valence-electron chi connectivity index (χ2n) is 7.77. The minimum atomic E-state index is -3.39. The fourth-order valence-electron chi connectivity index (χ4n) is 3.03. The molecular weight excluding hydrogens is 350 g/mol. The molecule has 2 aliphatic carbocycles. The zero-order valence-corrected chi connectivity index (χ0v) is 16.0. The van der Waals surface area contributed by atoms with Crippen molar-refractivity contribution in [2.24, 2.45) is 5.92 Å². The van der Waals surface area contributed by atoms with Crippen LogP contribution in [0, 0.1) is 5.92 Å².